The molecule has 2 heterocycles. The Kier molecular flexibility index (Phi) is 4.62. The Morgan fingerprint density at radius 1 is 1.50 bits per heavy atom. The van der Waals surface area contributed by atoms with Crippen LogP contribution in [0, 0.1) is 0 Å². The Balaban J connectivity index is 2.17. The normalized spacial score (nSPS) is 24.9. The predicted octanol–water partition coefficient (Wildman–Crippen LogP) is 1.68. The van der Waals surface area contributed by atoms with Gasteiger partial charge in [0.1, 0.15) is 0 Å². The summed E-state index contributed by atoms with van der Waals surface area (Å²) in [5.74, 6) is 0. The van der Waals surface area contributed by atoms with E-state index in [1.165, 1.54) is 12.3 Å². The lowest BCUT2D eigenvalue weighted by molar-refractivity contribution is -0.139. The molecular weight excluding hydrogens is 273 g/mol. The van der Waals surface area contributed by atoms with Gasteiger partial charge in [-0.15, -0.1) is 0 Å². The summed E-state index contributed by atoms with van der Waals surface area (Å²) in [6, 6.07) is 2.31. The van der Waals surface area contributed by atoms with Gasteiger partial charge in [-0.1, -0.05) is 0 Å². The maximum atomic E-state index is 12.9. The number of alkyl halides is 3. The molecule has 2 atom stereocenters. The first-order valence-electron chi connectivity index (χ1n) is 6.39. The van der Waals surface area contributed by atoms with E-state index in [-0.39, 0.29) is 31.0 Å². The van der Waals surface area contributed by atoms with E-state index < -0.39 is 11.7 Å². The van der Waals surface area contributed by atoms with Gasteiger partial charge in [0.2, 0.25) is 0 Å². The summed E-state index contributed by atoms with van der Waals surface area (Å²) in [7, 11) is 0. The molecule has 1 aliphatic heterocycles. The van der Waals surface area contributed by atoms with Crippen molar-refractivity contribution in [1.29, 1.82) is 0 Å². The van der Waals surface area contributed by atoms with Crippen molar-refractivity contribution in [2.75, 3.05) is 19.8 Å². The van der Waals surface area contributed by atoms with Crippen LogP contribution >= 0.6 is 0 Å². The number of halogens is 3. The maximum Gasteiger partial charge on any atom is 0.418 e. The number of ether oxygens (including phenoxy) is 1. The van der Waals surface area contributed by atoms with Gasteiger partial charge in [-0.2, -0.15) is 13.2 Å². The minimum atomic E-state index is -4.41. The molecule has 0 aromatic carbocycles. The van der Waals surface area contributed by atoms with E-state index in [0.29, 0.717) is 13.2 Å². The molecule has 0 bridgehead atoms. The van der Waals surface area contributed by atoms with Crippen LogP contribution in [0.5, 0.6) is 0 Å². The van der Waals surface area contributed by atoms with Crippen molar-refractivity contribution >= 4 is 0 Å². The van der Waals surface area contributed by atoms with Crippen molar-refractivity contribution in [1.82, 2.24) is 9.88 Å². The second-order valence-electron chi connectivity index (χ2n) is 4.91. The average molecular weight is 290 g/mol. The van der Waals surface area contributed by atoms with E-state index >= 15 is 0 Å². The molecule has 2 unspecified atom stereocenters. The van der Waals surface area contributed by atoms with Crippen molar-refractivity contribution in [3.05, 3.63) is 29.6 Å². The van der Waals surface area contributed by atoms with Gasteiger partial charge in [0, 0.05) is 25.3 Å². The molecule has 1 N–H and O–H groups in total. The molecule has 0 aliphatic carbocycles. The van der Waals surface area contributed by atoms with Crippen LogP contribution in [-0.4, -0.2) is 46.9 Å². The molecule has 1 fully saturated rings. The molecule has 1 aliphatic rings. The van der Waals surface area contributed by atoms with Gasteiger partial charge in [0.15, 0.2) is 0 Å². The van der Waals surface area contributed by atoms with Crippen LogP contribution in [0.1, 0.15) is 18.2 Å². The Morgan fingerprint density at radius 3 is 2.90 bits per heavy atom. The monoisotopic (exact) mass is 290 g/mol. The zero-order valence-electron chi connectivity index (χ0n) is 11.1. The van der Waals surface area contributed by atoms with Gasteiger partial charge >= 0.3 is 6.18 Å². The zero-order valence-corrected chi connectivity index (χ0v) is 11.1. The minimum Gasteiger partial charge on any atom is -0.394 e. The van der Waals surface area contributed by atoms with Crippen LogP contribution < -0.4 is 0 Å². The average Bonchev–Trinajstić information content (AvgIpc) is 2.41. The first-order valence-corrected chi connectivity index (χ1v) is 6.39. The quantitative estimate of drug-likeness (QED) is 0.920. The third kappa shape index (κ3) is 3.47. The number of aliphatic hydroxyl groups excluding tert-OH is 1. The lowest BCUT2D eigenvalue weighted by atomic mass is 10.1. The highest BCUT2D eigenvalue weighted by atomic mass is 19.4. The summed E-state index contributed by atoms with van der Waals surface area (Å²) in [4.78, 5) is 5.71. The molecule has 0 spiro atoms. The molecule has 20 heavy (non-hydrogen) atoms. The molecule has 0 amide bonds. The minimum absolute atomic E-state index is 0.00504. The van der Waals surface area contributed by atoms with Gasteiger partial charge in [-0.3, -0.25) is 9.88 Å². The molecule has 7 heteroatoms. The molecular formula is C13H17F3N2O2. The fourth-order valence-corrected chi connectivity index (χ4v) is 2.22. The van der Waals surface area contributed by atoms with Crippen LogP contribution in [0.3, 0.4) is 0 Å². The molecule has 1 saturated heterocycles. The molecule has 1 aromatic heterocycles. The van der Waals surface area contributed by atoms with Gasteiger partial charge < -0.3 is 9.84 Å². The smallest absolute Gasteiger partial charge is 0.394 e. The van der Waals surface area contributed by atoms with Crippen LogP contribution in [0.25, 0.3) is 0 Å². The topological polar surface area (TPSA) is 45.6 Å². The van der Waals surface area contributed by atoms with Crippen LogP contribution in [-0.2, 0) is 17.5 Å². The van der Waals surface area contributed by atoms with E-state index in [4.69, 9.17) is 9.84 Å². The van der Waals surface area contributed by atoms with E-state index in [1.807, 2.05) is 11.8 Å². The zero-order chi connectivity index (χ0) is 14.8. The lowest BCUT2D eigenvalue weighted by Crippen LogP contribution is -2.49. The van der Waals surface area contributed by atoms with Crippen molar-refractivity contribution in [2.45, 2.75) is 31.8 Å². The summed E-state index contributed by atoms with van der Waals surface area (Å²) >= 11 is 0. The van der Waals surface area contributed by atoms with Gasteiger partial charge in [-0.25, -0.2) is 0 Å². The molecule has 2 rings (SSSR count). The number of pyridine rings is 1. The maximum absolute atomic E-state index is 12.9. The van der Waals surface area contributed by atoms with Crippen molar-refractivity contribution < 1.29 is 23.0 Å². The standard InChI is InChI=1S/C13H17F3N2O2/c1-9-8-20-10(7-19)5-18(9)6-12-11(13(14,15)16)3-2-4-17-12/h2-4,9-10,19H,5-8H2,1H3. The molecule has 1 aromatic rings. The second-order valence-corrected chi connectivity index (χ2v) is 4.91. The summed E-state index contributed by atoms with van der Waals surface area (Å²) in [6.07, 6.45) is -3.40. The van der Waals surface area contributed by atoms with E-state index in [1.54, 1.807) is 0 Å². The lowest BCUT2D eigenvalue weighted by Gasteiger charge is -2.37. The third-order valence-electron chi connectivity index (χ3n) is 3.39. The first-order chi connectivity index (χ1) is 9.41. The summed E-state index contributed by atoms with van der Waals surface area (Å²) in [5.41, 5.74) is -0.704. The van der Waals surface area contributed by atoms with E-state index in [9.17, 15) is 13.2 Å². The second kappa shape index (κ2) is 6.07. The van der Waals surface area contributed by atoms with Gasteiger partial charge in [-0.05, 0) is 19.1 Å². The van der Waals surface area contributed by atoms with Crippen molar-refractivity contribution in [3.63, 3.8) is 0 Å². The number of aromatic nitrogens is 1. The van der Waals surface area contributed by atoms with Gasteiger partial charge in [0.25, 0.3) is 0 Å². The molecule has 0 radical (unpaired) electrons. The number of rotatable bonds is 3. The highest BCUT2D eigenvalue weighted by Crippen LogP contribution is 2.31. The van der Waals surface area contributed by atoms with Crippen LogP contribution in [0.4, 0.5) is 13.2 Å². The first kappa shape index (κ1) is 15.2. The molecule has 0 saturated carbocycles. The van der Waals surface area contributed by atoms with Gasteiger partial charge in [0.05, 0.1) is 30.6 Å². The SMILES string of the molecule is CC1COC(CO)CN1Cc1ncccc1C(F)(F)F. The Hall–Kier alpha value is -1.18. The third-order valence-corrected chi connectivity index (χ3v) is 3.39. The highest BCUT2D eigenvalue weighted by molar-refractivity contribution is 5.23. The number of nitrogens with zero attached hydrogens (tertiary/aromatic N) is 2. The fraction of sp³-hybridized carbons (Fsp3) is 0.615. The Morgan fingerprint density at radius 2 is 2.25 bits per heavy atom. The number of hydrogen-bond donors (Lipinski definition) is 1. The van der Waals surface area contributed by atoms with E-state index in [2.05, 4.69) is 4.98 Å². The number of aliphatic hydroxyl groups is 1. The summed E-state index contributed by atoms with van der Waals surface area (Å²) < 4.78 is 44.1. The molecule has 112 valence electrons. The predicted molar refractivity (Wildman–Crippen MR) is 65.9 cm³/mol. The molecule has 4 nitrogen and oxygen atoms in total. The largest absolute Gasteiger partial charge is 0.418 e. The Labute approximate surface area is 115 Å². The highest BCUT2D eigenvalue weighted by Gasteiger charge is 2.35. The van der Waals surface area contributed by atoms with Crippen LogP contribution in [0.2, 0.25) is 0 Å². The van der Waals surface area contributed by atoms with Crippen molar-refractivity contribution in [2.24, 2.45) is 0 Å². The number of hydrogen-bond acceptors (Lipinski definition) is 4. The summed E-state index contributed by atoms with van der Waals surface area (Å²) in [6.45, 7) is 2.61. The Bertz CT molecular complexity index is 453. The van der Waals surface area contributed by atoms with E-state index in [0.717, 1.165) is 6.07 Å². The number of morpholine rings is 1. The summed E-state index contributed by atoms with van der Waals surface area (Å²) in [5, 5.41) is 9.10. The van der Waals surface area contributed by atoms with Crippen molar-refractivity contribution in [3.8, 4) is 0 Å². The fourth-order valence-electron chi connectivity index (χ4n) is 2.22. The van der Waals surface area contributed by atoms with Crippen LogP contribution in [0.15, 0.2) is 18.3 Å².